The van der Waals surface area contributed by atoms with E-state index in [1.54, 1.807) is 36.4 Å². The number of halogens is 2. The smallest absolute Gasteiger partial charge is 0.306 e. The van der Waals surface area contributed by atoms with Crippen molar-refractivity contribution in [1.29, 1.82) is 0 Å². The van der Waals surface area contributed by atoms with Gasteiger partial charge in [0, 0.05) is 28.6 Å². The van der Waals surface area contributed by atoms with Crippen molar-refractivity contribution in [1.82, 2.24) is 5.32 Å². The molecule has 0 saturated carbocycles. The van der Waals surface area contributed by atoms with E-state index in [0.29, 0.717) is 33.5 Å². The van der Waals surface area contributed by atoms with Crippen LogP contribution in [0.25, 0.3) is 0 Å². The minimum absolute atomic E-state index is 0.0546. The first-order chi connectivity index (χ1) is 14.3. The fourth-order valence-electron chi connectivity index (χ4n) is 2.46. The molecule has 0 bridgehead atoms. The van der Waals surface area contributed by atoms with Crippen LogP contribution in [0.2, 0.25) is 10.0 Å². The quantitative estimate of drug-likeness (QED) is 0.441. The van der Waals surface area contributed by atoms with Gasteiger partial charge in [0.2, 0.25) is 0 Å². The lowest BCUT2D eigenvalue weighted by molar-refractivity contribution is -0.153. The summed E-state index contributed by atoms with van der Waals surface area (Å²) in [5.41, 5.74) is 0.853. The Morgan fingerprint density at radius 1 is 1.03 bits per heavy atom. The Morgan fingerprint density at radius 3 is 2.37 bits per heavy atom. The van der Waals surface area contributed by atoms with E-state index in [-0.39, 0.29) is 18.9 Å². The molecule has 0 fully saturated rings. The van der Waals surface area contributed by atoms with Gasteiger partial charge in [0.15, 0.2) is 6.10 Å². The highest BCUT2D eigenvalue weighted by atomic mass is 35.5. The zero-order valence-electron chi connectivity index (χ0n) is 16.5. The predicted molar refractivity (Wildman–Crippen MR) is 115 cm³/mol. The third-order valence-corrected chi connectivity index (χ3v) is 4.53. The first-order valence-electron chi connectivity index (χ1n) is 9.18. The molecule has 0 aliphatic heterocycles. The summed E-state index contributed by atoms with van der Waals surface area (Å²) in [6, 6.07) is 11.3. The predicted octanol–water partition coefficient (Wildman–Crippen LogP) is 4.08. The molecule has 0 aliphatic rings. The Balaban J connectivity index is 1.73. The molecule has 2 aromatic carbocycles. The molecule has 0 saturated heterocycles. The maximum Gasteiger partial charge on any atom is 0.306 e. The van der Waals surface area contributed by atoms with E-state index in [9.17, 15) is 14.4 Å². The first kappa shape index (κ1) is 23.5. The van der Waals surface area contributed by atoms with Crippen molar-refractivity contribution in [2.75, 3.05) is 19.0 Å². The van der Waals surface area contributed by atoms with E-state index in [4.69, 9.17) is 32.7 Å². The van der Waals surface area contributed by atoms with Crippen molar-refractivity contribution in [2.24, 2.45) is 0 Å². The molecule has 1 atom stereocenters. The van der Waals surface area contributed by atoms with E-state index in [1.165, 1.54) is 20.1 Å². The lowest BCUT2D eigenvalue weighted by Crippen LogP contribution is -2.30. The van der Waals surface area contributed by atoms with Crippen LogP contribution in [-0.4, -0.2) is 37.5 Å². The van der Waals surface area contributed by atoms with Crippen molar-refractivity contribution < 1.29 is 23.9 Å². The highest BCUT2D eigenvalue weighted by molar-refractivity contribution is 6.31. The fraction of sp³-hybridized carbons (Fsp3) is 0.286. The lowest BCUT2D eigenvalue weighted by Gasteiger charge is -2.15. The second-order valence-electron chi connectivity index (χ2n) is 6.33. The average molecular weight is 453 g/mol. The number of amides is 2. The SMILES string of the molecule is COc1ccc(Cl)cc1NC(=O)C(C)OC(=O)CCCNC(=O)c1ccc(Cl)cc1. The molecule has 7 nitrogen and oxygen atoms in total. The third-order valence-electron chi connectivity index (χ3n) is 4.05. The maximum absolute atomic E-state index is 12.3. The van der Waals surface area contributed by atoms with E-state index >= 15 is 0 Å². The van der Waals surface area contributed by atoms with Gasteiger partial charge in [0.05, 0.1) is 12.8 Å². The van der Waals surface area contributed by atoms with Crippen LogP contribution in [0.1, 0.15) is 30.1 Å². The minimum atomic E-state index is -1.01. The molecule has 9 heteroatoms. The van der Waals surface area contributed by atoms with Crippen molar-refractivity contribution in [3.63, 3.8) is 0 Å². The Hall–Kier alpha value is -2.77. The molecule has 30 heavy (non-hydrogen) atoms. The average Bonchev–Trinajstić information content (AvgIpc) is 2.71. The molecular weight excluding hydrogens is 431 g/mol. The molecule has 0 radical (unpaired) electrons. The lowest BCUT2D eigenvalue weighted by atomic mass is 10.2. The summed E-state index contributed by atoms with van der Waals surface area (Å²) in [5.74, 6) is -0.887. The van der Waals surface area contributed by atoms with Crippen molar-refractivity contribution in [2.45, 2.75) is 25.9 Å². The third kappa shape index (κ3) is 7.24. The standard InChI is InChI=1S/C21H22Cl2N2O5/c1-13(20(27)25-17-12-16(23)9-10-18(17)29-2)30-19(26)4-3-11-24-21(28)14-5-7-15(22)8-6-14/h5-10,12-13H,3-4,11H2,1-2H3,(H,24,28)(H,25,27). The number of hydrogen-bond donors (Lipinski definition) is 2. The molecule has 0 spiro atoms. The molecule has 0 aromatic heterocycles. The number of esters is 1. The maximum atomic E-state index is 12.3. The number of benzene rings is 2. The largest absolute Gasteiger partial charge is 0.495 e. The molecule has 1 unspecified atom stereocenters. The second-order valence-corrected chi connectivity index (χ2v) is 7.21. The van der Waals surface area contributed by atoms with Crippen LogP contribution in [0, 0.1) is 0 Å². The van der Waals surface area contributed by atoms with Gasteiger partial charge in [-0.1, -0.05) is 23.2 Å². The van der Waals surface area contributed by atoms with E-state index in [0.717, 1.165) is 0 Å². The van der Waals surface area contributed by atoms with E-state index in [1.807, 2.05) is 0 Å². The highest BCUT2D eigenvalue weighted by Gasteiger charge is 2.19. The van der Waals surface area contributed by atoms with Gasteiger partial charge >= 0.3 is 5.97 Å². The fourth-order valence-corrected chi connectivity index (χ4v) is 2.76. The van der Waals surface area contributed by atoms with Gasteiger partial charge in [0.25, 0.3) is 11.8 Å². The highest BCUT2D eigenvalue weighted by Crippen LogP contribution is 2.27. The summed E-state index contributed by atoms with van der Waals surface area (Å²) < 4.78 is 10.3. The van der Waals surface area contributed by atoms with Crippen LogP contribution in [-0.2, 0) is 14.3 Å². The Bertz CT molecular complexity index is 903. The first-order valence-corrected chi connectivity index (χ1v) is 9.93. The molecule has 0 aliphatic carbocycles. The number of carbonyl (C=O) groups is 3. The number of nitrogens with one attached hydrogen (secondary N) is 2. The topological polar surface area (TPSA) is 93.7 Å². The molecule has 2 rings (SSSR count). The molecule has 0 heterocycles. The van der Waals surface area contributed by atoms with Crippen LogP contribution in [0.5, 0.6) is 5.75 Å². The molecule has 2 aromatic rings. The Kier molecular flexibility index (Phi) is 8.95. The van der Waals surface area contributed by atoms with Gasteiger partial charge < -0.3 is 20.1 Å². The second kappa shape index (κ2) is 11.4. The van der Waals surface area contributed by atoms with Crippen LogP contribution in [0.3, 0.4) is 0 Å². The summed E-state index contributed by atoms with van der Waals surface area (Å²) >= 11 is 11.7. The molecule has 160 valence electrons. The molecular formula is C21H22Cl2N2O5. The van der Waals surface area contributed by atoms with Gasteiger partial charge in [-0.05, 0) is 55.8 Å². The van der Waals surface area contributed by atoms with Gasteiger partial charge in [0.1, 0.15) is 5.75 Å². The van der Waals surface area contributed by atoms with Crippen molar-refractivity contribution in [3.8, 4) is 5.75 Å². The van der Waals surface area contributed by atoms with Crippen LogP contribution >= 0.6 is 23.2 Å². The molecule has 2 N–H and O–H groups in total. The zero-order chi connectivity index (χ0) is 22.1. The van der Waals surface area contributed by atoms with E-state index < -0.39 is 18.0 Å². The summed E-state index contributed by atoms with van der Waals surface area (Å²) in [7, 11) is 1.47. The summed E-state index contributed by atoms with van der Waals surface area (Å²) in [6.45, 7) is 1.75. The Labute approximate surface area is 184 Å². The number of anilines is 1. The van der Waals surface area contributed by atoms with Crippen molar-refractivity contribution >= 4 is 46.7 Å². The zero-order valence-corrected chi connectivity index (χ0v) is 18.0. The van der Waals surface area contributed by atoms with Gasteiger partial charge in [-0.2, -0.15) is 0 Å². The number of carbonyl (C=O) groups excluding carboxylic acids is 3. The van der Waals surface area contributed by atoms with Crippen LogP contribution in [0.15, 0.2) is 42.5 Å². The molecule has 2 amide bonds. The van der Waals surface area contributed by atoms with Crippen molar-refractivity contribution in [3.05, 3.63) is 58.1 Å². The van der Waals surface area contributed by atoms with Crippen LogP contribution in [0.4, 0.5) is 5.69 Å². The van der Waals surface area contributed by atoms with Gasteiger partial charge in [-0.25, -0.2) is 0 Å². The summed E-state index contributed by atoms with van der Waals surface area (Å²) in [6.07, 6.45) is -0.585. The number of hydrogen-bond acceptors (Lipinski definition) is 5. The minimum Gasteiger partial charge on any atom is -0.495 e. The Morgan fingerprint density at radius 2 is 1.70 bits per heavy atom. The number of methoxy groups -OCH3 is 1. The summed E-state index contributed by atoms with van der Waals surface area (Å²) in [4.78, 5) is 36.2. The van der Waals surface area contributed by atoms with Gasteiger partial charge in [-0.3, -0.25) is 14.4 Å². The number of rotatable bonds is 9. The van der Waals surface area contributed by atoms with Gasteiger partial charge in [-0.15, -0.1) is 0 Å². The normalized spacial score (nSPS) is 11.3. The number of ether oxygens (including phenoxy) is 2. The van der Waals surface area contributed by atoms with Crippen LogP contribution < -0.4 is 15.4 Å². The monoisotopic (exact) mass is 452 g/mol. The summed E-state index contributed by atoms with van der Waals surface area (Å²) in [5, 5.41) is 6.29. The van der Waals surface area contributed by atoms with E-state index in [2.05, 4.69) is 10.6 Å².